The molecule has 108 valence electrons. The van der Waals surface area contributed by atoms with Crippen molar-refractivity contribution in [1.29, 1.82) is 0 Å². The molecule has 1 aromatic rings. The highest BCUT2D eigenvalue weighted by molar-refractivity contribution is 5.98. The van der Waals surface area contributed by atoms with Crippen molar-refractivity contribution in [3.05, 3.63) is 41.0 Å². The highest BCUT2D eigenvalue weighted by Gasteiger charge is 2.35. The molecule has 0 bridgehead atoms. The van der Waals surface area contributed by atoms with Gasteiger partial charge in [0.1, 0.15) is 0 Å². The minimum atomic E-state index is -4.46. The number of benzene rings is 1. The Morgan fingerprint density at radius 3 is 2.65 bits per heavy atom. The maximum atomic E-state index is 13.1. The molecule has 1 heterocycles. The zero-order chi connectivity index (χ0) is 14.8. The number of hydrogen-bond donors (Lipinski definition) is 1. The summed E-state index contributed by atoms with van der Waals surface area (Å²) >= 11 is 0. The van der Waals surface area contributed by atoms with E-state index >= 15 is 0 Å². The highest BCUT2D eigenvalue weighted by Crippen LogP contribution is 2.36. The quantitative estimate of drug-likeness (QED) is 0.849. The lowest BCUT2D eigenvalue weighted by atomic mass is 9.91. The second kappa shape index (κ2) is 5.66. The fourth-order valence-electron chi connectivity index (χ4n) is 2.28. The molecular weight excluding hydrogens is 271 g/mol. The van der Waals surface area contributed by atoms with E-state index in [-0.39, 0.29) is 12.1 Å². The van der Waals surface area contributed by atoms with Gasteiger partial charge in [0, 0.05) is 12.1 Å². The SMILES string of the molecule is COC(=O)C1=C(c2ccccc2C(F)(F)F)CNCC1. The zero-order valence-corrected chi connectivity index (χ0v) is 10.9. The third kappa shape index (κ3) is 2.85. The number of esters is 1. The van der Waals surface area contributed by atoms with Crippen LogP contribution in [0.5, 0.6) is 0 Å². The standard InChI is InChI=1S/C14H14F3NO2/c1-20-13(19)10-6-7-18-8-11(10)9-4-2-3-5-12(9)14(15,16)17/h2-5,18H,6-8H2,1H3. The van der Waals surface area contributed by atoms with Gasteiger partial charge in [-0.05, 0) is 30.2 Å². The Kier molecular flexibility index (Phi) is 4.13. The van der Waals surface area contributed by atoms with Crippen LogP contribution in [0.4, 0.5) is 13.2 Å². The minimum absolute atomic E-state index is 0.0348. The fraction of sp³-hybridized carbons (Fsp3) is 0.357. The van der Waals surface area contributed by atoms with E-state index in [1.807, 2.05) is 0 Å². The van der Waals surface area contributed by atoms with E-state index in [1.54, 1.807) is 0 Å². The number of carbonyl (C=O) groups excluding carboxylic acids is 1. The summed E-state index contributed by atoms with van der Waals surface area (Å²) in [6.07, 6.45) is -4.10. The van der Waals surface area contributed by atoms with Crippen molar-refractivity contribution < 1.29 is 22.7 Å². The molecule has 20 heavy (non-hydrogen) atoms. The number of hydrogen-bond acceptors (Lipinski definition) is 3. The molecule has 0 unspecified atom stereocenters. The third-order valence-corrected chi connectivity index (χ3v) is 3.21. The van der Waals surface area contributed by atoms with Crippen LogP contribution < -0.4 is 5.32 Å². The Morgan fingerprint density at radius 1 is 1.30 bits per heavy atom. The average molecular weight is 285 g/mol. The first kappa shape index (κ1) is 14.6. The van der Waals surface area contributed by atoms with Crippen LogP contribution in [0.25, 0.3) is 5.57 Å². The maximum Gasteiger partial charge on any atom is 0.416 e. The van der Waals surface area contributed by atoms with Gasteiger partial charge in [0.15, 0.2) is 0 Å². The molecule has 3 nitrogen and oxygen atoms in total. The van der Waals surface area contributed by atoms with Crippen LogP contribution in [0.3, 0.4) is 0 Å². The highest BCUT2D eigenvalue weighted by atomic mass is 19.4. The van der Waals surface area contributed by atoms with Crippen molar-refractivity contribution in [2.75, 3.05) is 20.2 Å². The topological polar surface area (TPSA) is 38.3 Å². The van der Waals surface area contributed by atoms with Crippen molar-refractivity contribution >= 4 is 11.5 Å². The van der Waals surface area contributed by atoms with Gasteiger partial charge in [-0.1, -0.05) is 18.2 Å². The van der Waals surface area contributed by atoms with Crippen LogP contribution in [-0.4, -0.2) is 26.2 Å². The van der Waals surface area contributed by atoms with E-state index in [1.165, 1.54) is 25.3 Å². The van der Waals surface area contributed by atoms with Gasteiger partial charge in [-0.3, -0.25) is 0 Å². The van der Waals surface area contributed by atoms with Crippen molar-refractivity contribution in [1.82, 2.24) is 5.32 Å². The molecule has 0 atom stereocenters. The summed E-state index contributed by atoms with van der Waals surface area (Å²) in [6.45, 7) is 0.764. The van der Waals surface area contributed by atoms with Crippen LogP contribution in [-0.2, 0) is 15.7 Å². The number of ether oxygens (including phenoxy) is 1. The number of methoxy groups -OCH3 is 1. The second-order valence-electron chi connectivity index (χ2n) is 4.42. The predicted octanol–water partition coefficient (Wildman–Crippen LogP) is 2.63. The summed E-state index contributed by atoms with van der Waals surface area (Å²) in [5.41, 5.74) is -0.0355. The van der Waals surface area contributed by atoms with Gasteiger partial charge < -0.3 is 10.1 Å². The average Bonchev–Trinajstić information content (AvgIpc) is 2.45. The lowest BCUT2D eigenvalue weighted by Crippen LogP contribution is -2.28. The van der Waals surface area contributed by atoms with Crippen LogP contribution in [0.1, 0.15) is 17.5 Å². The summed E-state index contributed by atoms with van der Waals surface area (Å²) in [5.74, 6) is -0.571. The molecule has 1 aromatic carbocycles. The molecule has 0 radical (unpaired) electrons. The van der Waals surface area contributed by atoms with E-state index in [0.29, 0.717) is 24.1 Å². The van der Waals surface area contributed by atoms with Crippen molar-refractivity contribution in [3.8, 4) is 0 Å². The summed E-state index contributed by atoms with van der Waals surface area (Å²) in [4.78, 5) is 11.7. The smallest absolute Gasteiger partial charge is 0.416 e. The Bertz CT molecular complexity index is 550. The molecule has 1 N–H and O–H groups in total. The number of rotatable bonds is 2. The van der Waals surface area contributed by atoms with E-state index in [2.05, 4.69) is 10.1 Å². The van der Waals surface area contributed by atoms with Gasteiger partial charge in [-0.15, -0.1) is 0 Å². The molecule has 0 saturated heterocycles. The Morgan fingerprint density at radius 2 is 2.00 bits per heavy atom. The van der Waals surface area contributed by atoms with Gasteiger partial charge in [0.2, 0.25) is 0 Å². The molecule has 6 heteroatoms. The van der Waals surface area contributed by atoms with Crippen LogP contribution >= 0.6 is 0 Å². The predicted molar refractivity (Wildman–Crippen MR) is 67.9 cm³/mol. The Labute approximate surface area is 114 Å². The first-order valence-corrected chi connectivity index (χ1v) is 6.13. The largest absolute Gasteiger partial charge is 0.466 e. The zero-order valence-electron chi connectivity index (χ0n) is 10.9. The molecule has 0 aliphatic carbocycles. The number of nitrogens with one attached hydrogen (secondary N) is 1. The molecule has 0 spiro atoms. The molecule has 1 aliphatic heterocycles. The van der Waals surface area contributed by atoms with Gasteiger partial charge in [-0.25, -0.2) is 4.79 Å². The molecule has 0 aromatic heterocycles. The monoisotopic (exact) mass is 285 g/mol. The normalized spacial score (nSPS) is 16.2. The minimum Gasteiger partial charge on any atom is -0.466 e. The van der Waals surface area contributed by atoms with Gasteiger partial charge >= 0.3 is 12.1 Å². The lowest BCUT2D eigenvalue weighted by Gasteiger charge is -2.22. The van der Waals surface area contributed by atoms with Crippen LogP contribution in [0.15, 0.2) is 29.8 Å². The van der Waals surface area contributed by atoms with Crippen molar-refractivity contribution in [2.45, 2.75) is 12.6 Å². The number of carbonyl (C=O) groups is 1. The second-order valence-corrected chi connectivity index (χ2v) is 4.42. The van der Waals surface area contributed by atoms with E-state index in [4.69, 9.17) is 0 Å². The van der Waals surface area contributed by atoms with Gasteiger partial charge in [0.25, 0.3) is 0 Å². The van der Waals surface area contributed by atoms with Crippen molar-refractivity contribution in [2.24, 2.45) is 0 Å². The first-order valence-electron chi connectivity index (χ1n) is 6.13. The molecule has 0 amide bonds. The number of halogens is 3. The summed E-state index contributed by atoms with van der Waals surface area (Å²) in [5, 5.41) is 2.99. The molecule has 0 fully saturated rings. The lowest BCUT2D eigenvalue weighted by molar-refractivity contribution is -0.138. The van der Waals surface area contributed by atoms with Gasteiger partial charge in [-0.2, -0.15) is 13.2 Å². The van der Waals surface area contributed by atoms with Crippen LogP contribution in [0.2, 0.25) is 0 Å². The maximum absolute atomic E-state index is 13.1. The van der Waals surface area contributed by atoms with E-state index in [9.17, 15) is 18.0 Å². The molecule has 0 saturated carbocycles. The van der Waals surface area contributed by atoms with E-state index < -0.39 is 17.7 Å². The molecular formula is C14H14F3NO2. The van der Waals surface area contributed by atoms with Gasteiger partial charge in [0.05, 0.1) is 12.7 Å². The third-order valence-electron chi connectivity index (χ3n) is 3.21. The van der Waals surface area contributed by atoms with Crippen molar-refractivity contribution in [3.63, 3.8) is 0 Å². The molecule has 2 rings (SSSR count). The number of alkyl halides is 3. The molecule has 1 aliphatic rings. The first-order chi connectivity index (χ1) is 9.45. The Balaban J connectivity index is 2.59. The van der Waals surface area contributed by atoms with Crippen LogP contribution in [0, 0.1) is 0 Å². The van der Waals surface area contributed by atoms with E-state index in [0.717, 1.165) is 6.07 Å². The summed E-state index contributed by atoms with van der Waals surface area (Å²) in [6, 6.07) is 5.27. The summed E-state index contributed by atoms with van der Waals surface area (Å²) in [7, 11) is 1.23. The summed E-state index contributed by atoms with van der Waals surface area (Å²) < 4.78 is 43.8. The fourth-order valence-corrected chi connectivity index (χ4v) is 2.28. The Hall–Kier alpha value is -1.82.